The van der Waals surface area contributed by atoms with Gasteiger partial charge in [0.1, 0.15) is 12.1 Å². The highest BCUT2D eigenvalue weighted by Crippen LogP contribution is 2.49. The molecule has 14 heteroatoms. The fraction of sp³-hybridized carbons (Fsp3) is 0.808. The Hall–Kier alpha value is -2.80. The molecule has 3 saturated heterocycles. The molecule has 3 aliphatic heterocycles. The predicted molar refractivity (Wildman–Crippen MR) is 132 cm³/mol. The van der Waals surface area contributed by atoms with Crippen molar-refractivity contribution < 1.29 is 41.1 Å². The zero-order chi connectivity index (χ0) is 29.6. The van der Waals surface area contributed by atoms with Crippen LogP contribution in [0.15, 0.2) is 0 Å². The van der Waals surface area contributed by atoms with Crippen molar-refractivity contribution >= 4 is 29.8 Å². The van der Waals surface area contributed by atoms with Gasteiger partial charge in [-0.1, -0.05) is 19.3 Å². The molecule has 2 saturated carbocycles. The van der Waals surface area contributed by atoms with Crippen LogP contribution in [-0.4, -0.2) is 76.5 Å². The third-order valence-electron chi connectivity index (χ3n) is 8.77. The zero-order valence-corrected chi connectivity index (χ0v) is 22.5. The molecule has 224 valence electrons. The van der Waals surface area contributed by atoms with Crippen molar-refractivity contribution in [1.82, 2.24) is 20.9 Å². The maximum atomic E-state index is 15.0. The van der Waals surface area contributed by atoms with E-state index in [0.29, 0.717) is 19.3 Å². The van der Waals surface area contributed by atoms with Crippen LogP contribution in [0.25, 0.3) is 0 Å². The molecular formula is C26H36F5N5O4. The minimum atomic E-state index is -5.25. The average Bonchev–Trinajstić information content (AvgIpc) is 3.08. The highest BCUT2D eigenvalue weighted by Gasteiger charge is 2.61. The number of piperidine rings is 2. The summed E-state index contributed by atoms with van der Waals surface area (Å²) in [5, 5.41) is 14.9. The monoisotopic (exact) mass is 577 g/mol. The summed E-state index contributed by atoms with van der Waals surface area (Å²) < 4.78 is 69.3. The van der Waals surface area contributed by atoms with E-state index in [1.165, 1.54) is 0 Å². The van der Waals surface area contributed by atoms with E-state index in [0.717, 1.165) is 17.5 Å². The molecule has 4 N–H and O–H groups in total. The number of rotatable bonds is 9. The van der Waals surface area contributed by atoms with Crippen molar-refractivity contribution in [2.24, 2.45) is 17.8 Å². The maximum absolute atomic E-state index is 15.0. The van der Waals surface area contributed by atoms with Crippen LogP contribution in [0.1, 0.15) is 71.6 Å². The van der Waals surface area contributed by atoms with E-state index < -0.39 is 77.8 Å². The average molecular weight is 578 g/mol. The van der Waals surface area contributed by atoms with Gasteiger partial charge in [0.05, 0.1) is 12.0 Å². The molecule has 4 amide bonds. The fourth-order valence-corrected chi connectivity index (χ4v) is 6.66. The van der Waals surface area contributed by atoms with Crippen LogP contribution in [0.2, 0.25) is 0 Å². The molecule has 2 bridgehead atoms. The second-order valence-electron chi connectivity index (χ2n) is 12.3. The first-order chi connectivity index (χ1) is 18.5. The Bertz CT molecular complexity index is 1050. The number of hydrogen-bond donors (Lipinski definition) is 4. The van der Waals surface area contributed by atoms with Crippen molar-refractivity contribution in [2.75, 3.05) is 0 Å². The summed E-state index contributed by atoms with van der Waals surface area (Å²) in [6.45, 7) is 3.65. The largest absolute Gasteiger partial charge is 0.471 e. The smallest absolute Gasteiger partial charge is 0.351 e. The summed E-state index contributed by atoms with van der Waals surface area (Å²) in [6, 6.07) is -5.41. The zero-order valence-electron chi connectivity index (χ0n) is 22.5. The molecule has 5 aliphatic rings. The van der Waals surface area contributed by atoms with Crippen LogP contribution < -0.4 is 16.0 Å². The van der Waals surface area contributed by atoms with Gasteiger partial charge in [-0.3, -0.25) is 19.2 Å². The van der Waals surface area contributed by atoms with Gasteiger partial charge in [0.25, 0.3) is 5.92 Å². The van der Waals surface area contributed by atoms with Gasteiger partial charge in [0.15, 0.2) is 0 Å². The fourth-order valence-electron chi connectivity index (χ4n) is 6.66. The van der Waals surface area contributed by atoms with Gasteiger partial charge >= 0.3 is 12.1 Å². The minimum absolute atomic E-state index is 0.0433. The van der Waals surface area contributed by atoms with Crippen molar-refractivity contribution in [2.45, 2.75) is 113 Å². The van der Waals surface area contributed by atoms with Crippen molar-refractivity contribution in [1.29, 1.82) is 5.41 Å². The number of carbonyl (C=O) groups excluding carboxylic acids is 4. The molecule has 40 heavy (non-hydrogen) atoms. The molecule has 0 spiro atoms. The number of nitrogens with zero attached hydrogens (tertiary/aromatic N) is 1. The van der Waals surface area contributed by atoms with Crippen molar-refractivity contribution in [3.8, 4) is 0 Å². The Morgan fingerprint density at radius 1 is 1.10 bits per heavy atom. The van der Waals surface area contributed by atoms with E-state index in [4.69, 9.17) is 5.41 Å². The minimum Gasteiger partial charge on any atom is -0.351 e. The van der Waals surface area contributed by atoms with Crippen LogP contribution in [0.5, 0.6) is 0 Å². The molecule has 0 unspecified atom stereocenters. The molecule has 5 fully saturated rings. The van der Waals surface area contributed by atoms with Crippen LogP contribution in [-0.2, 0) is 19.2 Å². The van der Waals surface area contributed by atoms with Crippen LogP contribution >= 0.6 is 0 Å². The van der Waals surface area contributed by atoms with Crippen molar-refractivity contribution in [3.05, 3.63) is 0 Å². The van der Waals surface area contributed by atoms with Crippen LogP contribution in [0.4, 0.5) is 22.0 Å². The quantitative estimate of drug-likeness (QED) is 0.248. The van der Waals surface area contributed by atoms with E-state index in [1.807, 2.05) is 13.8 Å². The van der Waals surface area contributed by atoms with Gasteiger partial charge < -0.3 is 26.3 Å². The lowest BCUT2D eigenvalue weighted by Crippen LogP contribution is -2.71. The lowest BCUT2D eigenvalue weighted by atomic mass is 9.71. The number of nitrogens with one attached hydrogen (secondary N) is 4. The predicted octanol–water partition coefficient (Wildman–Crippen LogP) is 2.68. The highest BCUT2D eigenvalue weighted by atomic mass is 19.4. The number of halogens is 5. The van der Waals surface area contributed by atoms with Crippen LogP contribution in [0.3, 0.4) is 0 Å². The molecule has 5 rings (SSSR count). The molecule has 0 aromatic heterocycles. The van der Waals surface area contributed by atoms with E-state index >= 15 is 8.78 Å². The van der Waals surface area contributed by atoms with E-state index in [1.54, 1.807) is 5.32 Å². The Morgan fingerprint density at radius 2 is 1.77 bits per heavy atom. The number of fused-ring (bicyclic) bond motifs is 3. The number of alkyl halides is 5. The van der Waals surface area contributed by atoms with E-state index in [9.17, 15) is 32.3 Å². The van der Waals surface area contributed by atoms with Gasteiger partial charge in [0, 0.05) is 30.1 Å². The lowest BCUT2D eigenvalue weighted by Gasteiger charge is -2.54. The van der Waals surface area contributed by atoms with Crippen LogP contribution in [0, 0.1) is 23.2 Å². The number of hydrogen-bond acceptors (Lipinski definition) is 5. The first-order valence-corrected chi connectivity index (χ1v) is 13.7. The third-order valence-corrected chi connectivity index (χ3v) is 8.77. The SMILES string of the molecule is CC1(C)C[C@H](C[C@@H](C=N)NC(=O)[C@@H]2[C@@H]3CC[C@@H](CC3(F)F)N2C(=O)[C@@H](CC2CCC2)NC(=O)C(F)(F)F)C(=O)N1. The molecule has 3 heterocycles. The normalized spacial score (nSPS) is 30.6. The van der Waals surface area contributed by atoms with Gasteiger partial charge in [-0.15, -0.1) is 0 Å². The Kier molecular flexibility index (Phi) is 8.21. The Balaban J connectivity index is 1.57. The van der Waals surface area contributed by atoms with Gasteiger partial charge in [-0.2, -0.15) is 13.2 Å². The van der Waals surface area contributed by atoms with Gasteiger partial charge in [-0.05, 0) is 51.9 Å². The maximum Gasteiger partial charge on any atom is 0.471 e. The summed E-state index contributed by atoms with van der Waals surface area (Å²) in [4.78, 5) is 52.3. The molecule has 0 aromatic carbocycles. The Labute approximate surface area is 228 Å². The molecule has 0 radical (unpaired) electrons. The summed E-state index contributed by atoms with van der Waals surface area (Å²) in [7, 11) is 0. The summed E-state index contributed by atoms with van der Waals surface area (Å²) in [6.07, 6.45) is -2.49. The second kappa shape index (κ2) is 10.9. The summed E-state index contributed by atoms with van der Waals surface area (Å²) in [5.74, 6) is -10.0. The highest BCUT2D eigenvalue weighted by molar-refractivity contribution is 5.94. The van der Waals surface area contributed by atoms with E-state index in [2.05, 4.69) is 10.6 Å². The van der Waals surface area contributed by atoms with Gasteiger partial charge in [-0.25, -0.2) is 8.78 Å². The molecule has 6 atom stereocenters. The summed E-state index contributed by atoms with van der Waals surface area (Å²) >= 11 is 0. The number of carbonyl (C=O) groups is 4. The molecule has 2 aliphatic carbocycles. The second-order valence-corrected chi connectivity index (χ2v) is 12.3. The third kappa shape index (κ3) is 6.24. The Morgan fingerprint density at radius 3 is 2.27 bits per heavy atom. The van der Waals surface area contributed by atoms with E-state index in [-0.39, 0.29) is 37.5 Å². The first kappa shape index (κ1) is 30.2. The van der Waals surface area contributed by atoms with Crippen molar-refractivity contribution in [3.63, 3.8) is 0 Å². The lowest BCUT2D eigenvalue weighted by molar-refractivity contribution is -0.196. The summed E-state index contributed by atoms with van der Waals surface area (Å²) in [5.41, 5.74) is -0.484. The van der Waals surface area contributed by atoms with Gasteiger partial charge in [0.2, 0.25) is 17.7 Å². The topological polar surface area (TPSA) is 131 Å². The molecule has 9 nitrogen and oxygen atoms in total. The standard InChI is InChI=1S/C26H36F5N5O4/c1-24(2)10-14(20(37)35-24)9-15(12-32)33-21(38)19-17-7-6-16(11-25(17,27)28)36(19)22(39)18(8-13-4-3-5-13)34-23(40)26(29,30)31/h12-19,32H,3-11H2,1-2H3,(H,33,38)(H,34,40)(H,35,37)/t14-,15-,16-,17-,18+,19-/m0/s1. The molecule has 0 aromatic rings. The molecular weight excluding hydrogens is 541 g/mol. The first-order valence-electron chi connectivity index (χ1n) is 13.7. The number of amides is 4.